The molecule has 1 saturated heterocycles. The Kier molecular flexibility index (Phi) is 8.24. The molecule has 0 aliphatic carbocycles. The lowest BCUT2D eigenvalue weighted by atomic mass is 10.1. The molecule has 1 fully saturated rings. The van der Waals surface area contributed by atoms with E-state index in [1.165, 1.54) is 0 Å². The summed E-state index contributed by atoms with van der Waals surface area (Å²) in [6.07, 6.45) is -0.289. The van der Waals surface area contributed by atoms with Crippen LogP contribution in [0.2, 0.25) is 0 Å². The first kappa shape index (κ1) is 22.9. The second-order valence-electron chi connectivity index (χ2n) is 7.28. The number of amides is 1. The van der Waals surface area contributed by atoms with E-state index in [2.05, 4.69) is 12.2 Å². The maximum atomic E-state index is 12.9. The van der Waals surface area contributed by atoms with Gasteiger partial charge in [-0.2, -0.15) is 13.2 Å². The number of hydrogen-bond acceptors (Lipinski definition) is 4. The number of unbranched alkanes of at least 4 members (excludes halogenated alkanes) is 3. The average Bonchev–Trinajstić information content (AvgIpc) is 2.67. The van der Waals surface area contributed by atoms with Gasteiger partial charge in [0.2, 0.25) is 0 Å². The molecule has 1 aliphatic heterocycles. The van der Waals surface area contributed by atoms with Crippen LogP contribution in [0.25, 0.3) is 0 Å². The number of quaternary nitrogens is 1. The number of nitrogens with zero attached hydrogens (tertiary/aromatic N) is 2. The molecule has 7 nitrogen and oxygen atoms in total. The molecular formula is C19H28F3N4O3+. The van der Waals surface area contributed by atoms with E-state index in [0.29, 0.717) is 45.3 Å². The van der Waals surface area contributed by atoms with Gasteiger partial charge in [0.1, 0.15) is 5.69 Å². The Balaban J connectivity index is 1.89. The van der Waals surface area contributed by atoms with E-state index in [4.69, 9.17) is 0 Å². The summed E-state index contributed by atoms with van der Waals surface area (Å²) in [6.45, 7) is 5.16. The monoisotopic (exact) mass is 417 g/mol. The number of benzene rings is 1. The Hall–Kier alpha value is -2.36. The highest BCUT2D eigenvalue weighted by Crippen LogP contribution is 2.36. The molecule has 1 aromatic carbocycles. The summed E-state index contributed by atoms with van der Waals surface area (Å²) < 4.78 is 38.6. The van der Waals surface area contributed by atoms with Gasteiger partial charge in [0.25, 0.3) is 11.6 Å². The van der Waals surface area contributed by atoms with Crippen molar-refractivity contribution in [3.05, 3.63) is 33.9 Å². The zero-order valence-corrected chi connectivity index (χ0v) is 16.6. The van der Waals surface area contributed by atoms with Crippen LogP contribution in [-0.2, 0) is 11.0 Å². The Morgan fingerprint density at radius 1 is 1.24 bits per heavy atom. The molecule has 2 N–H and O–H groups in total. The molecule has 0 unspecified atom stereocenters. The first-order valence-electron chi connectivity index (χ1n) is 9.93. The maximum Gasteiger partial charge on any atom is 0.416 e. The number of halogens is 3. The predicted molar refractivity (Wildman–Crippen MR) is 103 cm³/mol. The van der Waals surface area contributed by atoms with Crippen LogP contribution in [0.1, 0.15) is 38.2 Å². The Morgan fingerprint density at radius 3 is 2.52 bits per heavy atom. The lowest BCUT2D eigenvalue weighted by molar-refractivity contribution is -0.892. The number of piperazine rings is 1. The smallest absolute Gasteiger partial charge is 0.355 e. The molecule has 10 heteroatoms. The van der Waals surface area contributed by atoms with Gasteiger partial charge in [-0.15, -0.1) is 0 Å². The highest BCUT2D eigenvalue weighted by atomic mass is 19.4. The van der Waals surface area contributed by atoms with Crippen molar-refractivity contribution < 1.29 is 27.8 Å². The van der Waals surface area contributed by atoms with Crippen molar-refractivity contribution >= 4 is 17.3 Å². The van der Waals surface area contributed by atoms with Gasteiger partial charge in [-0.1, -0.05) is 26.2 Å². The Morgan fingerprint density at radius 2 is 1.93 bits per heavy atom. The van der Waals surface area contributed by atoms with Gasteiger partial charge in [-0.3, -0.25) is 14.9 Å². The summed E-state index contributed by atoms with van der Waals surface area (Å²) in [5.74, 6) is -0.0227. The molecule has 1 aliphatic rings. The van der Waals surface area contributed by atoms with Crippen molar-refractivity contribution in [1.29, 1.82) is 0 Å². The normalized spacial score (nSPS) is 15.4. The third-order valence-electron chi connectivity index (χ3n) is 5.07. The third kappa shape index (κ3) is 6.88. The maximum absolute atomic E-state index is 12.9. The molecule has 0 saturated carbocycles. The number of nitro benzene ring substituents is 1. The molecule has 0 radical (unpaired) electrons. The minimum atomic E-state index is -4.63. The van der Waals surface area contributed by atoms with Crippen LogP contribution in [0, 0.1) is 10.1 Å². The van der Waals surface area contributed by atoms with Crippen molar-refractivity contribution in [2.24, 2.45) is 0 Å². The van der Waals surface area contributed by atoms with Gasteiger partial charge in [-0.05, 0) is 18.6 Å². The highest BCUT2D eigenvalue weighted by Gasteiger charge is 2.34. The molecule has 1 aromatic rings. The largest absolute Gasteiger partial charge is 0.416 e. The van der Waals surface area contributed by atoms with E-state index < -0.39 is 22.4 Å². The van der Waals surface area contributed by atoms with Gasteiger partial charge in [-0.25, -0.2) is 0 Å². The molecular weight excluding hydrogens is 389 g/mol. The van der Waals surface area contributed by atoms with E-state index in [1.54, 1.807) is 4.90 Å². The lowest BCUT2D eigenvalue weighted by Gasteiger charge is -2.33. The number of nitrogens with one attached hydrogen (secondary N) is 2. The lowest BCUT2D eigenvalue weighted by Crippen LogP contribution is -3.16. The van der Waals surface area contributed by atoms with E-state index in [-0.39, 0.29) is 11.6 Å². The molecule has 1 heterocycles. The van der Waals surface area contributed by atoms with Crippen molar-refractivity contribution in [3.63, 3.8) is 0 Å². The van der Waals surface area contributed by atoms with Gasteiger partial charge in [0.15, 0.2) is 6.54 Å². The fourth-order valence-corrected chi connectivity index (χ4v) is 3.42. The molecule has 0 spiro atoms. The minimum absolute atomic E-state index is 0.0227. The average molecular weight is 417 g/mol. The molecule has 29 heavy (non-hydrogen) atoms. The Labute approximate surface area is 168 Å². The molecule has 1 amide bonds. The third-order valence-corrected chi connectivity index (χ3v) is 5.07. The van der Waals surface area contributed by atoms with Crippen LogP contribution in [0.3, 0.4) is 0 Å². The first-order valence-corrected chi connectivity index (χ1v) is 9.93. The van der Waals surface area contributed by atoms with Crippen LogP contribution >= 0.6 is 0 Å². The van der Waals surface area contributed by atoms with Gasteiger partial charge in [0, 0.05) is 12.6 Å². The number of anilines is 1. The summed E-state index contributed by atoms with van der Waals surface area (Å²) in [5, 5.41) is 14.2. The summed E-state index contributed by atoms with van der Waals surface area (Å²) in [4.78, 5) is 25.3. The number of rotatable bonds is 9. The molecule has 2 rings (SSSR count). The topological polar surface area (TPSA) is 79.9 Å². The summed E-state index contributed by atoms with van der Waals surface area (Å²) in [5.41, 5.74) is -1.40. The highest BCUT2D eigenvalue weighted by molar-refractivity contribution is 5.76. The number of hydrogen-bond donors (Lipinski definition) is 2. The zero-order valence-electron chi connectivity index (χ0n) is 16.6. The van der Waals surface area contributed by atoms with Crippen LogP contribution in [0.4, 0.5) is 24.5 Å². The van der Waals surface area contributed by atoms with Crippen LogP contribution in [0.15, 0.2) is 18.2 Å². The van der Waals surface area contributed by atoms with Crippen molar-refractivity contribution in [3.8, 4) is 0 Å². The molecule has 0 bridgehead atoms. The summed E-state index contributed by atoms with van der Waals surface area (Å²) in [6, 6.07) is 2.61. The van der Waals surface area contributed by atoms with Gasteiger partial charge >= 0.3 is 6.18 Å². The van der Waals surface area contributed by atoms with Crippen molar-refractivity contribution in [2.45, 2.75) is 38.8 Å². The molecule has 0 atom stereocenters. The fourth-order valence-electron chi connectivity index (χ4n) is 3.42. The second kappa shape index (κ2) is 10.4. The minimum Gasteiger partial charge on any atom is -0.355 e. The van der Waals surface area contributed by atoms with Gasteiger partial charge in [0.05, 0.1) is 36.7 Å². The van der Waals surface area contributed by atoms with E-state index in [1.807, 2.05) is 0 Å². The standard InChI is InChI=1S/C19H27F3N4O3/c1-2-3-4-5-8-23-18(27)14-24-9-11-25(12-10-24)16-7-6-15(19(20,21)22)13-17(16)26(28)29/h6-7,13H,2-5,8-12,14H2,1H3,(H,23,27)/p+1. The van der Waals surface area contributed by atoms with Gasteiger partial charge < -0.3 is 15.1 Å². The Bertz CT molecular complexity index is 704. The molecule has 0 aromatic heterocycles. The number of nitro groups is 1. The first-order chi connectivity index (χ1) is 13.7. The molecule has 162 valence electrons. The number of carbonyl (C=O) groups is 1. The summed E-state index contributed by atoms with van der Waals surface area (Å²) in [7, 11) is 0. The van der Waals surface area contributed by atoms with E-state index >= 15 is 0 Å². The fraction of sp³-hybridized carbons (Fsp3) is 0.632. The number of carbonyl (C=O) groups excluding carboxylic acids is 1. The van der Waals surface area contributed by atoms with E-state index in [9.17, 15) is 28.1 Å². The zero-order chi connectivity index (χ0) is 21.4. The van der Waals surface area contributed by atoms with Crippen LogP contribution < -0.4 is 15.1 Å². The second-order valence-corrected chi connectivity index (χ2v) is 7.28. The number of alkyl halides is 3. The quantitative estimate of drug-likeness (QED) is 0.366. The van der Waals surface area contributed by atoms with Crippen molar-refractivity contribution in [1.82, 2.24) is 5.32 Å². The van der Waals surface area contributed by atoms with E-state index in [0.717, 1.165) is 42.7 Å². The SMILES string of the molecule is CCCCCCNC(=O)C[NH+]1CCN(c2ccc(C(F)(F)F)cc2[N+](=O)[O-])CC1. The summed E-state index contributed by atoms with van der Waals surface area (Å²) >= 11 is 0. The predicted octanol–water partition coefficient (Wildman–Crippen LogP) is 2.01. The van der Waals surface area contributed by atoms with Crippen LogP contribution in [-0.4, -0.2) is 50.1 Å². The van der Waals surface area contributed by atoms with Crippen LogP contribution in [0.5, 0.6) is 0 Å². The van der Waals surface area contributed by atoms with Crippen molar-refractivity contribution in [2.75, 3.05) is 44.2 Å².